The summed E-state index contributed by atoms with van der Waals surface area (Å²) in [6.07, 6.45) is 0. The van der Waals surface area contributed by atoms with E-state index in [1.807, 2.05) is 19.1 Å². The number of methoxy groups -OCH3 is 1. The van der Waals surface area contributed by atoms with Gasteiger partial charge in [0.15, 0.2) is 0 Å². The molecule has 0 heterocycles. The highest BCUT2D eigenvalue weighted by atomic mass is 16.5. The molecule has 0 radical (unpaired) electrons. The number of ether oxygens (including phenoxy) is 1. The van der Waals surface area contributed by atoms with Crippen molar-refractivity contribution in [1.29, 1.82) is 0 Å². The highest BCUT2D eigenvalue weighted by Crippen LogP contribution is 2.20. The highest BCUT2D eigenvalue weighted by molar-refractivity contribution is 5.94. The summed E-state index contributed by atoms with van der Waals surface area (Å²) in [6, 6.07) is 12.8. The van der Waals surface area contributed by atoms with Crippen LogP contribution in [-0.4, -0.2) is 13.0 Å². The van der Waals surface area contributed by atoms with Crippen molar-refractivity contribution in [2.75, 3.05) is 12.8 Å². The van der Waals surface area contributed by atoms with Gasteiger partial charge in [-0.1, -0.05) is 17.7 Å². The lowest BCUT2D eigenvalue weighted by Crippen LogP contribution is -2.23. The van der Waals surface area contributed by atoms with Crippen LogP contribution in [0.4, 0.5) is 5.69 Å². The first-order chi connectivity index (χ1) is 9.60. The molecule has 2 rings (SSSR count). The standard InChI is InChI=1S/C16H18N2O2/c1-11-3-5-12(6-4-11)16(19)18-10-13-9-14(17)7-8-15(13)20-2/h3-9H,10,17H2,1-2H3,(H,18,19). The predicted molar refractivity (Wildman–Crippen MR) is 79.8 cm³/mol. The Morgan fingerprint density at radius 3 is 2.55 bits per heavy atom. The first-order valence-corrected chi connectivity index (χ1v) is 6.37. The lowest BCUT2D eigenvalue weighted by molar-refractivity contribution is 0.0950. The summed E-state index contributed by atoms with van der Waals surface area (Å²) in [6.45, 7) is 2.36. The lowest BCUT2D eigenvalue weighted by Gasteiger charge is -2.10. The van der Waals surface area contributed by atoms with Crippen LogP contribution in [0.2, 0.25) is 0 Å². The van der Waals surface area contributed by atoms with E-state index in [0.717, 1.165) is 11.1 Å². The maximum atomic E-state index is 12.0. The largest absolute Gasteiger partial charge is 0.496 e. The van der Waals surface area contributed by atoms with Crippen molar-refractivity contribution in [2.24, 2.45) is 0 Å². The normalized spacial score (nSPS) is 10.1. The Bertz CT molecular complexity index is 606. The van der Waals surface area contributed by atoms with Crippen LogP contribution < -0.4 is 15.8 Å². The molecule has 4 nitrogen and oxygen atoms in total. The Hall–Kier alpha value is -2.49. The minimum Gasteiger partial charge on any atom is -0.496 e. The van der Waals surface area contributed by atoms with Gasteiger partial charge in [0.05, 0.1) is 7.11 Å². The van der Waals surface area contributed by atoms with Crippen molar-refractivity contribution in [3.05, 3.63) is 59.2 Å². The Morgan fingerprint density at radius 1 is 1.20 bits per heavy atom. The first kappa shape index (κ1) is 13.9. The minimum atomic E-state index is -0.116. The molecule has 20 heavy (non-hydrogen) atoms. The molecule has 0 aliphatic heterocycles. The number of hydrogen-bond acceptors (Lipinski definition) is 3. The Kier molecular flexibility index (Phi) is 4.25. The maximum absolute atomic E-state index is 12.0. The fraction of sp³-hybridized carbons (Fsp3) is 0.188. The average molecular weight is 270 g/mol. The molecular formula is C16H18N2O2. The van der Waals surface area contributed by atoms with E-state index in [0.29, 0.717) is 23.5 Å². The van der Waals surface area contributed by atoms with Crippen molar-refractivity contribution < 1.29 is 9.53 Å². The molecule has 0 saturated heterocycles. The smallest absolute Gasteiger partial charge is 0.251 e. The van der Waals surface area contributed by atoms with E-state index in [2.05, 4.69) is 5.32 Å². The summed E-state index contributed by atoms with van der Waals surface area (Å²) in [5.41, 5.74) is 9.01. The number of rotatable bonds is 4. The second-order valence-electron chi connectivity index (χ2n) is 4.62. The van der Waals surface area contributed by atoms with Gasteiger partial charge in [0.1, 0.15) is 5.75 Å². The van der Waals surface area contributed by atoms with Crippen molar-refractivity contribution in [3.8, 4) is 5.75 Å². The maximum Gasteiger partial charge on any atom is 0.251 e. The minimum absolute atomic E-state index is 0.116. The molecule has 0 aliphatic rings. The van der Waals surface area contributed by atoms with Crippen LogP contribution >= 0.6 is 0 Å². The van der Waals surface area contributed by atoms with Gasteiger partial charge in [-0.15, -0.1) is 0 Å². The SMILES string of the molecule is COc1ccc(N)cc1CNC(=O)c1ccc(C)cc1. The Balaban J connectivity index is 2.06. The van der Waals surface area contributed by atoms with Crippen molar-refractivity contribution in [3.63, 3.8) is 0 Å². The zero-order chi connectivity index (χ0) is 14.5. The van der Waals surface area contributed by atoms with Gasteiger partial charge in [-0.25, -0.2) is 0 Å². The van der Waals surface area contributed by atoms with Gasteiger partial charge in [0, 0.05) is 23.4 Å². The third-order valence-corrected chi connectivity index (χ3v) is 3.06. The summed E-state index contributed by atoms with van der Waals surface area (Å²) in [7, 11) is 1.59. The van der Waals surface area contributed by atoms with Crippen LogP contribution in [-0.2, 0) is 6.54 Å². The van der Waals surface area contributed by atoms with E-state index in [1.165, 1.54) is 0 Å². The third-order valence-electron chi connectivity index (χ3n) is 3.06. The van der Waals surface area contributed by atoms with Gasteiger partial charge < -0.3 is 15.8 Å². The van der Waals surface area contributed by atoms with Gasteiger partial charge in [0.25, 0.3) is 5.91 Å². The number of amides is 1. The molecule has 2 aromatic rings. The van der Waals surface area contributed by atoms with Gasteiger partial charge >= 0.3 is 0 Å². The molecule has 104 valence electrons. The van der Waals surface area contributed by atoms with Gasteiger partial charge in [-0.3, -0.25) is 4.79 Å². The molecule has 0 bridgehead atoms. The highest BCUT2D eigenvalue weighted by Gasteiger charge is 2.08. The average Bonchev–Trinajstić information content (AvgIpc) is 2.45. The Morgan fingerprint density at radius 2 is 1.90 bits per heavy atom. The van der Waals surface area contributed by atoms with Crippen LogP contribution in [0.25, 0.3) is 0 Å². The predicted octanol–water partition coefficient (Wildman–Crippen LogP) is 2.52. The number of carbonyl (C=O) groups is 1. The quantitative estimate of drug-likeness (QED) is 0.839. The zero-order valence-corrected chi connectivity index (χ0v) is 11.6. The number of anilines is 1. The number of aryl methyl sites for hydroxylation is 1. The van der Waals surface area contributed by atoms with Crippen molar-refractivity contribution >= 4 is 11.6 Å². The molecule has 0 aromatic heterocycles. The molecule has 3 N–H and O–H groups in total. The fourth-order valence-electron chi connectivity index (χ4n) is 1.92. The molecule has 0 aliphatic carbocycles. The van der Waals surface area contributed by atoms with Crippen molar-refractivity contribution in [1.82, 2.24) is 5.32 Å². The summed E-state index contributed by atoms with van der Waals surface area (Å²) in [5, 5.41) is 2.86. The van der Waals surface area contributed by atoms with E-state index in [-0.39, 0.29) is 5.91 Å². The molecule has 2 aromatic carbocycles. The van der Waals surface area contributed by atoms with E-state index < -0.39 is 0 Å². The molecule has 1 amide bonds. The van der Waals surface area contributed by atoms with Crippen LogP contribution in [0.5, 0.6) is 5.75 Å². The summed E-state index contributed by atoms with van der Waals surface area (Å²) in [5.74, 6) is 0.595. The van der Waals surface area contributed by atoms with E-state index >= 15 is 0 Å². The first-order valence-electron chi connectivity index (χ1n) is 6.37. The van der Waals surface area contributed by atoms with E-state index in [4.69, 9.17) is 10.5 Å². The van der Waals surface area contributed by atoms with E-state index in [9.17, 15) is 4.79 Å². The molecule has 0 atom stereocenters. The second kappa shape index (κ2) is 6.10. The number of nitrogens with two attached hydrogens (primary N) is 1. The number of nitrogen functional groups attached to an aromatic ring is 1. The topological polar surface area (TPSA) is 64.3 Å². The number of nitrogens with one attached hydrogen (secondary N) is 1. The van der Waals surface area contributed by atoms with Crippen LogP contribution in [0.3, 0.4) is 0 Å². The third kappa shape index (κ3) is 3.29. The van der Waals surface area contributed by atoms with Gasteiger partial charge in [-0.05, 0) is 37.3 Å². The summed E-state index contributed by atoms with van der Waals surface area (Å²) >= 11 is 0. The van der Waals surface area contributed by atoms with Gasteiger partial charge in [0.2, 0.25) is 0 Å². The number of benzene rings is 2. The number of hydrogen-bond donors (Lipinski definition) is 2. The number of carbonyl (C=O) groups excluding carboxylic acids is 1. The van der Waals surface area contributed by atoms with Crippen molar-refractivity contribution in [2.45, 2.75) is 13.5 Å². The van der Waals surface area contributed by atoms with Crippen LogP contribution in [0, 0.1) is 6.92 Å². The second-order valence-corrected chi connectivity index (χ2v) is 4.62. The van der Waals surface area contributed by atoms with Gasteiger partial charge in [-0.2, -0.15) is 0 Å². The van der Waals surface area contributed by atoms with Crippen LogP contribution in [0.1, 0.15) is 21.5 Å². The molecular weight excluding hydrogens is 252 g/mol. The fourth-order valence-corrected chi connectivity index (χ4v) is 1.92. The Labute approximate surface area is 118 Å². The summed E-state index contributed by atoms with van der Waals surface area (Å²) < 4.78 is 5.25. The molecule has 0 unspecified atom stereocenters. The monoisotopic (exact) mass is 270 g/mol. The lowest BCUT2D eigenvalue weighted by atomic mass is 10.1. The molecule has 0 saturated carbocycles. The summed E-state index contributed by atoms with van der Waals surface area (Å²) in [4.78, 5) is 12.0. The van der Waals surface area contributed by atoms with Crippen LogP contribution in [0.15, 0.2) is 42.5 Å². The van der Waals surface area contributed by atoms with E-state index in [1.54, 1.807) is 37.4 Å². The zero-order valence-electron chi connectivity index (χ0n) is 11.6. The molecule has 4 heteroatoms. The molecule has 0 fully saturated rings. The molecule has 0 spiro atoms.